The van der Waals surface area contributed by atoms with Gasteiger partial charge in [-0.3, -0.25) is 0 Å². The van der Waals surface area contributed by atoms with Crippen LogP contribution in [0.4, 0.5) is 0 Å². The van der Waals surface area contributed by atoms with E-state index in [0.29, 0.717) is 5.92 Å². The van der Waals surface area contributed by atoms with Crippen LogP contribution < -0.4 is 10.6 Å². The van der Waals surface area contributed by atoms with Gasteiger partial charge in [-0.15, -0.1) is 0 Å². The van der Waals surface area contributed by atoms with E-state index in [1.165, 1.54) is 16.7 Å². The number of allylic oxidation sites excluding steroid dienone is 3. The fourth-order valence-electron chi connectivity index (χ4n) is 5.48. The van der Waals surface area contributed by atoms with Gasteiger partial charge in [0.2, 0.25) is 0 Å². The molecule has 0 fully saturated rings. The average Bonchev–Trinajstić information content (AvgIpc) is 3.02. The highest BCUT2D eigenvalue weighted by molar-refractivity contribution is 5.83. The van der Waals surface area contributed by atoms with Gasteiger partial charge in [-0.2, -0.15) is 0 Å². The lowest BCUT2D eigenvalue weighted by atomic mass is 9.75. The number of benzene rings is 4. The fourth-order valence-corrected chi connectivity index (χ4v) is 5.48. The van der Waals surface area contributed by atoms with Crippen LogP contribution in [-0.4, -0.2) is 13.6 Å². The number of rotatable bonds is 10. The lowest BCUT2D eigenvalue weighted by Gasteiger charge is -2.40. The van der Waals surface area contributed by atoms with Crippen LogP contribution in [-0.2, 0) is 5.54 Å². The van der Waals surface area contributed by atoms with E-state index in [0.717, 1.165) is 35.2 Å². The maximum absolute atomic E-state index is 4.46. The summed E-state index contributed by atoms with van der Waals surface area (Å²) in [5.74, 6) is 0.349. The second kappa shape index (κ2) is 12.4. The van der Waals surface area contributed by atoms with E-state index < -0.39 is 0 Å². The highest BCUT2D eigenvalue weighted by Crippen LogP contribution is 2.34. The maximum Gasteiger partial charge on any atom is 0.0673 e. The molecule has 1 unspecified atom stereocenters. The highest BCUT2D eigenvalue weighted by Gasteiger charge is 2.37. The Morgan fingerprint density at radius 2 is 1.49 bits per heavy atom. The van der Waals surface area contributed by atoms with Crippen molar-refractivity contribution >= 4 is 11.6 Å². The van der Waals surface area contributed by atoms with Crippen LogP contribution in [0.25, 0.3) is 22.8 Å². The Hall–Kier alpha value is -4.40. The minimum Gasteiger partial charge on any atom is -0.389 e. The summed E-state index contributed by atoms with van der Waals surface area (Å²) >= 11 is 0. The first kappa shape index (κ1) is 26.2. The SMILES string of the molecule is C=C(c1ccc(-c2ccccc2)cc1)c1ccccc1/C=C\NC[C@](NC)(c1ccccc1)C1C=CC=CC1. The first-order chi connectivity index (χ1) is 19.2. The quantitative estimate of drug-likeness (QED) is 0.225. The van der Waals surface area contributed by atoms with Gasteiger partial charge >= 0.3 is 0 Å². The summed E-state index contributed by atoms with van der Waals surface area (Å²) in [6, 6.07) is 38.3. The predicted molar refractivity (Wildman–Crippen MR) is 167 cm³/mol. The van der Waals surface area contributed by atoms with Crippen molar-refractivity contribution in [1.82, 2.24) is 10.6 Å². The third kappa shape index (κ3) is 5.87. The zero-order valence-corrected chi connectivity index (χ0v) is 22.6. The molecule has 2 atom stereocenters. The van der Waals surface area contributed by atoms with Crippen LogP contribution in [0.1, 0.15) is 28.7 Å². The molecule has 0 aliphatic heterocycles. The number of nitrogens with one attached hydrogen (secondary N) is 2. The van der Waals surface area contributed by atoms with Crippen molar-refractivity contribution in [3.63, 3.8) is 0 Å². The van der Waals surface area contributed by atoms with Crippen molar-refractivity contribution in [1.29, 1.82) is 0 Å². The summed E-state index contributed by atoms with van der Waals surface area (Å²) in [5.41, 5.74) is 7.89. The normalized spacial score (nSPS) is 16.2. The summed E-state index contributed by atoms with van der Waals surface area (Å²) in [6.45, 7) is 5.22. The van der Waals surface area contributed by atoms with E-state index in [4.69, 9.17) is 0 Å². The van der Waals surface area contributed by atoms with Crippen molar-refractivity contribution in [3.05, 3.63) is 169 Å². The predicted octanol–water partition coefficient (Wildman–Crippen LogP) is 8.22. The van der Waals surface area contributed by atoms with E-state index in [9.17, 15) is 0 Å². The van der Waals surface area contributed by atoms with E-state index in [-0.39, 0.29) is 5.54 Å². The van der Waals surface area contributed by atoms with Crippen LogP contribution in [0.15, 0.2) is 146 Å². The highest BCUT2D eigenvalue weighted by atomic mass is 15.0. The molecule has 0 spiro atoms. The maximum atomic E-state index is 4.46. The monoisotopic (exact) mass is 508 g/mol. The molecule has 0 bridgehead atoms. The third-order valence-corrected chi connectivity index (χ3v) is 7.74. The summed E-state index contributed by atoms with van der Waals surface area (Å²) in [5, 5.41) is 7.29. The zero-order valence-electron chi connectivity index (χ0n) is 22.6. The first-order valence-corrected chi connectivity index (χ1v) is 13.6. The molecular weight excluding hydrogens is 472 g/mol. The summed E-state index contributed by atoms with van der Waals surface area (Å²) in [7, 11) is 2.06. The van der Waals surface area contributed by atoms with E-state index in [1.54, 1.807) is 0 Å². The molecule has 0 saturated heterocycles. The number of hydrogen-bond acceptors (Lipinski definition) is 2. The van der Waals surface area contributed by atoms with Crippen molar-refractivity contribution in [2.45, 2.75) is 12.0 Å². The summed E-state index contributed by atoms with van der Waals surface area (Å²) < 4.78 is 0. The van der Waals surface area contributed by atoms with Gasteiger partial charge < -0.3 is 10.6 Å². The molecule has 0 amide bonds. The summed E-state index contributed by atoms with van der Waals surface area (Å²) in [6.07, 6.45) is 14.1. The molecule has 1 aliphatic carbocycles. The van der Waals surface area contributed by atoms with Crippen molar-refractivity contribution in [2.75, 3.05) is 13.6 Å². The van der Waals surface area contributed by atoms with Crippen LogP contribution >= 0.6 is 0 Å². The molecule has 2 nitrogen and oxygen atoms in total. The molecular formula is C37H36N2. The van der Waals surface area contributed by atoms with Gasteiger partial charge in [0, 0.05) is 12.5 Å². The Kier molecular flexibility index (Phi) is 8.36. The van der Waals surface area contributed by atoms with Crippen LogP contribution in [0.5, 0.6) is 0 Å². The van der Waals surface area contributed by atoms with E-state index in [2.05, 4.69) is 164 Å². The number of hydrogen-bond donors (Lipinski definition) is 2. The second-order valence-corrected chi connectivity index (χ2v) is 9.97. The molecule has 194 valence electrons. The first-order valence-electron chi connectivity index (χ1n) is 13.6. The van der Waals surface area contributed by atoms with Crippen LogP contribution in [0.3, 0.4) is 0 Å². The van der Waals surface area contributed by atoms with Crippen molar-refractivity contribution < 1.29 is 0 Å². The van der Waals surface area contributed by atoms with Crippen LogP contribution in [0, 0.1) is 5.92 Å². The second-order valence-electron chi connectivity index (χ2n) is 9.97. The third-order valence-electron chi connectivity index (χ3n) is 7.74. The lowest BCUT2D eigenvalue weighted by molar-refractivity contribution is 0.262. The Morgan fingerprint density at radius 3 is 2.18 bits per heavy atom. The minimum atomic E-state index is -0.226. The Labute approximate surface area is 233 Å². The van der Waals surface area contributed by atoms with Gasteiger partial charge in [-0.25, -0.2) is 0 Å². The Balaban J connectivity index is 1.33. The molecule has 0 saturated carbocycles. The zero-order chi connectivity index (χ0) is 26.9. The molecule has 5 rings (SSSR count). The summed E-state index contributed by atoms with van der Waals surface area (Å²) in [4.78, 5) is 0. The lowest BCUT2D eigenvalue weighted by Crippen LogP contribution is -2.52. The Morgan fingerprint density at radius 1 is 0.821 bits per heavy atom. The smallest absolute Gasteiger partial charge is 0.0673 e. The Bertz CT molecular complexity index is 1460. The standard InChI is InChI=1S/C37H36N2/c1-29(30-22-24-32(25-23-30)31-14-6-3-7-15-31)36-21-13-12-16-33(36)26-27-39-28-37(38-2,34-17-8-4-9-18-34)35-19-10-5-11-20-35/h3-19,21-27,35,38-39H,1,20,28H2,2H3/b27-26-/t35?,37-/m0/s1. The molecule has 2 N–H and O–H groups in total. The molecule has 39 heavy (non-hydrogen) atoms. The molecule has 0 aromatic heterocycles. The van der Waals surface area contributed by atoms with Crippen molar-refractivity contribution in [3.8, 4) is 11.1 Å². The van der Waals surface area contributed by atoms with Gasteiger partial charge in [0.05, 0.1) is 5.54 Å². The molecule has 2 heteroatoms. The van der Waals surface area contributed by atoms with E-state index in [1.807, 2.05) is 6.07 Å². The van der Waals surface area contributed by atoms with Gasteiger partial charge in [0.1, 0.15) is 0 Å². The van der Waals surface area contributed by atoms with Gasteiger partial charge in [-0.1, -0.05) is 140 Å². The molecule has 4 aromatic rings. The van der Waals surface area contributed by atoms with Crippen molar-refractivity contribution in [2.24, 2.45) is 5.92 Å². The molecule has 0 heterocycles. The topological polar surface area (TPSA) is 24.1 Å². The van der Waals surface area contributed by atoms with Gasteiger partial charge in [0.25, 0.3) is 0 Å². The largest absolute Gasteiger partial charge is 0.389 e. The average molecular weight is 509 g/mol. The van der Waals surface area contributed by atoms with E-state index >= 15 is 0 Å². The van der Waals surface area contributed by atoms with Crippen LogP contribution in [0.2, 0.25) is 0 Å². The fraction of sp³-hybridized carbons (Fsp3) is 0.135. The molecule has 1 aliphatic rings. The molecule has 4 aromatic carbocycles. The molecule has 0 radical (unpaired) electrons. The minimum absolute atomic E-state index is 0.226. The number of likely N-dealkylation sites (N-methyl/N-ethyl adjacent to an activating group) is 1. The van der Waals surface area contributed by atoms with Gasteiger partial charge in [-0.05, 0) is 64.7 Å². The van der Waals surface area contributed by atoms with Gasteiger partial charge in [0.15, 0.2) is 0 Å².